The van der Waals surface area contributed by atoms with Crippen molar-refractivity contribution in [1.82, 2.24) is 0 Å². The quantitative estimate of drug-likeness (QED) is 0.690. The van der Waals surface area contributed by atoms with E-state index in [0.29, 0.717) is 0 Å². The summed E-state index contributed by atoms with van der Waals surface area (Å²) in [6.45, 7) is 6.41. The van der Waals surface area contributed by atoms with E-state index >= 15 is 0 Å². The van der Waals surface area contributed by atoms with Crippen molar-refractivity contribution in [3.8, 4) is 5.75 Å². The van der Waals surface area contributed by atoms with Crippen LogP contribution in [0.3, 0.4) is 0 Å². The molecule has 0 saturated carbocycles. The Kier molecular flexibility index (Phi) is 3.14. The molecule has 1 atom stereocenters. The molecule has 0 radical (unpaired) electrons. The zero-order valence-corrected chi connectivity index (χ0v) is 12.8. The lowest BCUT2D eigenvalue weighted by Gasteiger charge is -2.40. The number of aryl methyl sites for hydroxylation is 1. The number of hydrogen-bond acceptors (Lipinski definition) is 2. The maximum Gasteiger partial charge on any atom is 0.134 e. The van der Waals surface area contributed by atoms with Gasteiger partial charge in [0.05, 0.1) is 0 Å². The minimum Gasteiger partial charge on any atom is -0.484 e. The Morgan fingerprint density at radius 3 is 2.45 bits per heavy atom. The summed E-state index contributed by atoms with van der Waals surface area (Å²) in [4.78, 5) is 0.983. The van der Waals surface area contributed by atoms with Crippen LogP contribution >= 0.6 is 12.2 Å². The predicted molar refractivity (Wildman–Crippen MR) is 86.5 cm³/mol. The van der Waals surface area contributed by atoms with E-state index in [1.54, 1.807) is 0 Å². The minimum atomic E-state index is -0.197. The maximum absolute atomic E-state index is 6.27. The fourth-order valence-electron chi connectivity index (χ4n) is 2.78. The van der Waals surface area contributed by atoms with Crippen LogP contribution in [0.1, 0.15) is 36.6 Å². The second-order valence-electron chi connectivity index (χ2n) is 5.96. The third kappa shape index (κ3) is 2.04. The van der Waals surface area contributed by atoms with E-state index in [0.717, 1.165) is 16.2 Å². The molecule has 0 N–H and O–H groups in total. The summed E-state index contributed by atoms with van der Waals surface area (Å²) in [5, 5.41) is 0. The molecule has 2 heteroatoms. The van der Waals surface area contributed by atoms with Gasteiger partial charge in [0.1, 0.15) is 11.9 Å². The van der Waals surface area contributed by atoms with E-state index in [1.807, 2.05) is 24.3 Å². The maximum atomic E-state index is 6.27. The molecule has 3 rings (SSSR count). The van der Waals surface area contributed by atoms with Crippen LogP contribution in [0.25, 0.3) is 0 Å². The number of rotatable bonds is 1. The second-order valence-corrected chi connectivity index (χ2v) is 6.37. The van der Waals surface area contributed by atoms with Crippen LogP contribution in [0.4, 0.5) is 0 Å². The van der Waals surface area contributed by atoms with Gasteiger partial charge in [-0.05, 0) is 24.6 Å². The highest BCUT2D eigenvalue weighted by Gasteiger charge is 2.42. The average Bonchev–Trinajstić information content (AvgIpc) is 2.44. The average molecular weight is 282 g/mol. The van der Waals surface area contributed by atoms with Gasteiger partial charge in [-0.3, -0.25) is 0 Å². The number of thiocarbonyl (C=S) groups is 1. The highest BCUT2D eigenvalue weighted by atomic mass is 32.1. The molecule has 2 aromatic carbocycles. The van der Waals surface area contributed by atoms with E-state index in [4.69, 9.17) is 17.0 Å². The normalized spacial score (nSPS) is 20.1. The van der Waals surface area contributed by atoms with Gasteiger partial charge in [0.15, 0.2) is 0 Å². The van der Waals surface area contributed by atoms with Crippen LogP contribution < -0.4 is 4.74 Å². The van der Waals surface area contributed by atoms with Gasteiger partial charge >= 0.3 is 0 Å². The Bertz CT molecular complexity index is 658. The molecule has 102 valence electrons. The largest absolute Gasteiger partial charge is 0.484 e. The minimum absolute atomic E-state index is 0.0357. The van der Waals surface area contributed by atoms with Crippen LogP contribution in [-0.2, 0) is 0 Å². The summed E-state index contributed by atoms with van der Waals surface area (Å²) in [5.41, 5.74) is 3.25. The monoisotopic (exact) mass is 282 g/mol. The third-order valence-corrected chi connectivity index (χ3v) is 4.71. The summed E-state index contributed by atoms with van der Waals surface area (Å²) in [7, 11) is 0. The third-order valence-electron chi connectivity index (χ3n) is 3.97. The van der Waals surface area contributed by atoms with Gasteiger partial charge in [-0.1, -0.05) is 68.0 Å². The fraction of sp³-hybridized carbons (Fsp3) is 0.278. The molecule has 1 unspecified atom stereocenters. The van der Waals surface area contributed by atoms with Crippen molar-refractivity contribution >= 4 is 17.1 Å². The van der Waals surface area contributed by atoms with Crippen molar-refractivity contribution < 1.29 is 4.74 Å². The van der Waals surface area contributed by atoms with Crippen LogP contribution in [0.15, 0.2) is 48.5 Å². The predicted octanol–water partition coefficient (Wildman–Crippen LogP) is 4.87. The molecule has 1 heterocycles. The van der Waals surface area contributed by atoms with E-state index in [1.165, 1.54) is 11.1 Å². The lowest BCUT2D eigenvalue weighted by Crippen LogP contribution is -2.38. The molecular formula is C18H18OS. The first-order valence-electron chi connectivity index (χ1n) is 6.87. The van der Waals surface area contributed by atoms with Gasteiger partial charge < -0.3 is 4.74 Å². The van der Waals surface area contributed by atoms with Gasteiger partial charge in [-0.25, -0.2) is 0 Å². The topological polar surface area (TPSA) is 9.23 Å². The Morgan fingerprint density at radius 2 is 1.75 bits per heavy atom. The van der Waals surface area contributed by atoms with Gasteiger partial charge in [0.25, 0.3) is 0 Å². The lowest BCUT2D eigenvalue weighted by molar-refractivity contribution is 0.112. The van der Waals surface area contributed by atoms with E-state index < -0.39 is 0 Å². The molecule has 20 heavy (non-hydrogen) atoms. The molecule has 0 amide bonds. The molecule has 0 aliphatic carbocycles. The van der Waals surface area contributed by atoms with E-state index in [9.17, 15) is 0 Å². The van der Waals surface area contributed by atoms with Crippen molar-refractivity contribution in [3.63, 3.8) is 0 Å². The molecule has 1 aliphatic heterocycles. The molecule has 1 nitrogen and oxygen atoms in total. The Morgan fingerprint density at radius 1 is 1.05 bits per heavy atom. The van der Waals surface area contributed by atoms with Crippen molar-refractivity contribution in [2.24, 2.45) is 5.41 Å². The zero-order valence-electron chi connectivity index (χ0n) is 12.0. The number of benzene rings is 2. The van der Waals surface area contributed by atoms with Gasteiger partial charge in [0.2, 0.25) is 0 Å². The fourth-order valence-corrected chi connectivity index (χ4v) is 3.04. The highest BCUT2D eigenvalue weighted by molar-refractivity contribution is 7.81. The molecule has 0 spiro atoms. The summed E-state index contributed by atoms with van der Waals surface area (Å²) in [6.07, 6.45) is -0.0357. The summed E-state index contributed by atoms with van der Waals surface area (Å²) >= 11 is 5.75. The molecular weight excluding hydrogens is 264 g/mol. The first-order chi connectivity index (χ1) is 9.50. The molecule has 1 aliphatic rings. The Labute approximate surface area is 125 Å². The van der Waals surface area contributed by atoms with Crippen molar-refractivity contribution in [2.45, 2.75) is 26.9 Å². The number of hydrogen-bond donors (Lipinski definition) is 0. The van der Waals surface area contributed by atoms with E-state index in [2.05, 4.69) is 45.0 Å². The zero-order chi connectivity index (χ0) is 14.3. The second kappa shape index (κ2) is 4.71. The van der Waals surface area contributed by atoms with Crippen LogP contribution in [0, 0.1) is 12.3 Å². The van der Waals surface area contributed by atoms with Crippen molar-refractivity contribution in [2.75, 3.05) is 0 Å². The summed E-state index contributed by atoms with van der Waals surface area (Å²) < 4.78 is 6.27. The van der Waals surface area contributed by atoms with Gasteiger partial charge in [-0.15, -0.1) is 0 Å². The van der Waals surface area contributed by atoms with Crippen LogP contribution in [-0.4, -0.2) is 4.86 Å². The Balaban J connectivity index is 2.12. The molecule has 2 aromatic rings. The summed E-state index contributed by atoms with van der Waals surface area (Å²) in [6, 6.07) is 16.5. The van der Waals surface area contributed by atoms with E-state index in [-0.39, 0.29) is 11.5 Å². The van der Waals surface area contributed by atoms with Gasteiger partial charge in [0, 0.05) is 15.8 Å². The summed E-state index contributed by atoms with van der Waals surface area (Å²) in [5.74, 6) is 0.897. The SMILES string of the molecule is Cc1ccc2c(c1)C(=S)C(C)(C)C(c1ccccc1)O2. The van der Waals surface area contributed by atoms with Crippen molar-refractivity contribution in [1.29, 1.82) is 0 Å². The first kappa shape index (κ1) is 13.3. The molecule has 0 aromatic heterocycles. The smallest absolute Gasteiger partial charge is 0.134 e. The molecule has 0 bridgehead atoms. The Hall–Kier alpha value is -1.67. The molecule has 0 saturated heterocycles. The standard InChI is InChI=1S/C18H18OS/c1-12-9-10-15-14(11-12)17(20)18(2,3)16(19-15)13-7-5-4-6-8-13/h4-11,16H,1-3H3. The van der Waals surface area contributed by atoms with Crippen LogP contribution in [0.2, 0.25) is 0 Å². The lowest BCUT2D eigenvalue weighted by atomic mass is 9.75. The van der Waals surface area contributed by atoms with Crippen molar-refractivity contribution in [3.05, 3.63) is 65.2 Å². The van der Waals surface area contributed by atoms with Gasteiger partial charge in [-0.2, -0.15) is 0 Å². The molecule has 0 fully saturated rings. The first-order valence-corrected chi connectivity index (χ1v) is 7.28. The highest BCUT2D eigenvalue weighted by Crippen LogP contribution is 2.46. The number of fused-ring (bicyclic) bond motifs is 1. The van der Waals surface area contributed by atoms with Crippen LogP contribution in [0.5, 0.6) is 5.75 Å². The number of ether oxygens (including phenoxy) is 1.